The molecule has 0 atom stereocenters. The Morgan fingerprint density at radius 2 is 1.78 bits per heavy atom. The Bertz CT molecular complexity index is 745. The molecule has 2 aromatic carbocycles. The predicted octanol–water partition coefficient (Wildman–Crippen LogP) is 5.33. The molecule has 0 N–H and O–H groups in total. The lowest BCUT2D eigenvalue weighted by Gasteiger charge is -2.25. The summed E-state index contributed by atoms with van der Waals surface area (Å²) in [7, 11) is 0. The second-order valence-electron chi connectivity index (χ2n) is 6.41. The van der Waals surface area contributed by atoms with Gasteiger partial charge in [0.15, 0.2) is 5.78 Å². The lowest BCUT2D eigenvalue weighted by molar-refractivity contribution is 0.100. The molecule has 0 saturated heterocycles. The number of carbonyl (C=O) groups excluding carboxylic acids is 1. The zero-order valence-corrected chi connectivity index (χ0v) is 17.5. The fourth-order valence-corrected chi connectivity index (χ4v) is 3.16. The summed E-state index contributed by atoms with van der Waals surface area (Å²) < 4.78 is 5.46. The van der Waals surface area contributed by atoms with E-state index < -0.39 is 0 Å². The number of Topliss-reactive ketones (excluding diaryl/α,β-unsaturated/α-hetero) is 1. The minimum atomic E-state index is 0. The number of halogens is 1. The molecule has 1 aliphatic heterocycles. The lowest BCUT2D eigenvalue weighted by Crippen LogP contribution is -2.35. The molecule has 5 heteroatoms. The molecule has 0 spiro atoms. The SMILES string of the molecule is Br.CCOc1ccc(C(=O)CN(C2=NCCCCC2)c2ccccc2)cc1. The van der Waals surface area contributed by atoms with Gasteiger partial charge >= 0.3 is 0 Å². The van der Waals surface area contributed by atoms with Gasteiger partial charge in [-0.25, -0.2) is 0 Å². The van der Waals surface area contributed by atoms with E-state index in [0.717, 1.165) is 43.1 Å². The van der Waals surface area contributed by atoms with Gasteiger partial charge in [-0.15, -0.1) is 17.0 Å². The average molecular weight is 431 g/mol. The largest absolute Gasteiger partial charge is 0.494 e. The van der Waals surface area contributed by atoms with Crippen molar-refractivity contribution in [3.8, 4) is 5.75 Å². The molecular weight excluding hydrogens is 404 g/mol. The van der Waals surface area contributed by atoms with Gasteiger partial charge in [-0.1, -0.05) is 24.6 Å². The summed E-state index contributed by atoms with van der Waals surface area (Å²) in [4.78, 5) is 19.7. The van der Waals surface area contributed by atoms with E-state index in [4.69, 9.17) is 9.73 Å². The third kappa shape index (κ3) is 5.93. The second-order valence-corrected chi connectivity index (χ2v) is 6.41. The van der Waals surface area contributed by atoms with Gasteiger partial charge in [-0.05, 0) is 56.2 Å². The fraction of sp³-hybridized carbons (Fsp3) is 0.364. The van der Waals surface area contributed by atoms with Crippen LogP contribution in [0.5, 0.6) is 5.75 Å². The van der Waals surface area contributed by atoms with Crippen molar-refractivity contribution >= 4 is 34.3 Å². The molecule has 0 radical (unpaired) electrons. The first-order chi connectivity index (χ1) is 12.8. The molecule has 3 rings (SSSR count). The number of benzene rings is 2. The van der Waals surface area contributed by atoms with Gasteiger partial charge in [0.1, 0.15) is 11.6 Å². The monoisotopic (exact) mass is 430 g/mol. The van der Waals surface area contributed by atoms with E-state index in [9.17, 15) is 4.79 Å². The molecule has 4 nitrogen and oxygen atoms in total. The van der Waals surface area contributed by atoms with Gasteiger partial charge < -0.3 is 9.64 Å². The van der Waals surface area contributed by atoms with Crippen LogP contribution in [0.1, 0.15) is 43.0 Å². The van der Waals surface area contributed by atoms with Crippen LogP contribution >= 0.6 is 17.0 Å². The molecule has 0 amide bonds. The predicted molar refractivity (Wildman–Crippen MR) is 117 cm³/mol. The number of ether oxygens (including phenoxy) is 1. The quantitative estimate of drug-likeness (QED) is 0.581. The van der Waals surface area contributed by atoms with E-state index in [2.05, 4.69) is 4.90 Å². The number of nitrogens with zero attached hydrogens (tertiary/aromatic N) is 2. The molecule has 1 aliphatic rings. The Kier molecular flexibility index (Phi) is 8.52. The van der Waals surface area contributed by atoms with E-state index in [1.54, 1.807) is 0 Å². The molecule has 0 aliphatic carbocycles. The smallest absolute Gasteiger partial charge is 0.182 e. The third-order valence-corrected chi connectivity index (χ3v) is 4.52. The van der Waals surface area contributed by atoms with Crippen LogP contribution in [0.4, 0.5) is 5.69 Å². The van der Waals surface area contributed by atoms with Crippen molar-refractivity contribution in [1.29, 1.82) is 0 Å². The van der Waals surface area contributed by atoms with Gasteiger partial charge in [0, 0.05) is 24.2 Å². The molecule has 1 heterocycles. The Hall–Kier alpha value is -2.14. The average Bonchev–Trinajstić information content (AvgIpc) is 2.97. The highest BCUT2D eigenvalue weighted by Gasteiger charge is 2.19. The van der Waals surface area contributed by atoms with Crippen LogP contribution < -0.4 is 9.64 Å². The summed E-state index contributed by atoms with van der Waals surface area (Å²) in [6.07, 6.45) is 4.37. The van der Waals surface area contributed by atoms with Gasteiger partial charge in [-0.2, -0.15) is 0 Å². The fourth-order valence-electron chi connectivity index (χ4n) is 3.16. The van der Waals surface area contributed by atoms with Crippen molar-refractivity contribution in [2.24, 2.45) is 4.99 Å². The Labute approximate surface area is 172 Å². The summed E-state index contributed by atoms with van der Waals surface area (Å²) in [6.45, 7) is 3.71. The van der Waals surface area contributed by atoms with Crippen molar-refractivity contribution in [2.75, 3.05) is 24.6 Å². The van der Waals surface area contributed by atoms with Crippen LogP contribution in [0, 0.1) is 0 Å². The molecule has 0 aromatic heterocycles. The molecule has 0 unspecified atom stereocenters. The molecule has 0 bridgehead atoms. The number of carbonyl (C=O) groups is 1. The molecule has 27 heavy (non-hydrogen) atoms. The van der Waals surface area contributed by atoms with Crippen LogP contribution in [0.25, 0.3) is 0 Å². The highest BCUT2D eigenvalue weighted by molar-refractivity contribution is 8.93. The molecule has 144 valence electrons. The molecule has 2 aromatic rings. The second kappa shape index (κ2) is 10.9. The Morgan fingerprint density at radius 1 is 1.04 bits per heavy atom. The summed E-state index contributed by atoms with van der Waals surface area (Å²) in [5, 5.41) is 0. The number of anilines is 1. The van der Waals surface area contributed by atoms with Gasteiger partial charge in [0.25, 0.3) is 0 Å². The zero-order chi connectivity index (χ0) is 18.2. The normalized spacial score (nSPS) is 13.7. The Morgan fingerprint density at radius 3 is 2.48 bits per heavy atom. The van der Waals surface area contributed by atoms with Crippen LogP contribution in [-0.4, -0.2) is 31.3 Å². The molecular formula is C22H27BrN2O2. The zero-order valence-electron chi connectivity index (χ0n) is 15.8. The number of amidine groups is 1. The van der Waals surface area contributed by atoms with Crippen LogP contribution in [0.2, 0.25) is 0 Å². The van der Waals surface area contributed by atoms with Gasteiger partial charge in [-0.3, -0.25) is 9.79 Å². The van der Waals surface area contributed by atoms with E-state index in [-0.39, 0.29) is 22.8 Å². The van der Waals surface area contributed by atoms with Crippen molar-refractivity contribution in [2.45, 2.75) is 32.6 Å². The van der Waals surface area contributed by atoms with E-state index in [0.29, 0.717) is 18.7 Å². The van der Waals surface area contributed by atoms with Gasteiger partial charge in [0.05, 0.1) is 13.2 Å². The first kappa shape index (κ1) is 21.2. The first-order valence-electron chi connectivity index (χ1n) is 9.40. The maximum Gasteiger partial charge on any atom is 0.182 e. The lowest BCUT2D eigenvalue weighted by atomic mass is 10.1. The standard InChI is InChI=1S/C22H26N2O2.BrH/c1-2-26-20-14-12-18(13-15-20)21(25)17-24(19-9-5-3-6-10-19)22-11-7-4-8-16-23-22;/h3,5-6,9-10,12-15H,2,4,7-8,11,16-17H2,1H3;1H. The maximum atomic E-state index is 12.9. The summed E-state index contributed by atoms with van der Waals surface area (Å²) in [6, 6.07) is 17.5. The number of hydrogen-bond acceptors (Lipinski definition) is 4. The number of hydrogen-bond donors (Lipinski definition) is 0. The minimum Gasteiger partial charge on any atom is -0.494 e. The van der Waals surface area contributed by atoms with E-state index in [1.165, 1.54) is 6.42 Å². The first-order valence-corrected chi connectivity index (χ1v) is 9.40. The molecule has 0 saturated carbocycles. The summed E-state index contributed by atoms with van der Waals surface area (Å²) in [5.41, 5.74) is 1.72. The maximum absolute atomic E-state index is 12.9. The minimum absolute atomic E-state index is 0. The van der Waals surface area contributed by atoms with E-state index in [1.807, 2.05) is 61.5 Å². The third-order valence-electron chi connectivity index (χ3n) is 4.52. The number of rotatable bonds is 6. The van der Waals surface area contributed by atoms with Crippen LogP contribution in [0.3, 0.4) is 0 Å². The Balaban J connectivity index is 0.00000261. The van der Waals surface area contributed by atoms with E-state index >= 15 is 0 Å². The van der Waals surface area contributed by atoms with Crippen LogP contribution in [0.15, 0.2) is 59.6 Å². The van der Waals surface area contributed by atoms with Crippen molar-refractivity contribution < 1.29 is 9.53 Å². The summed E-state index contributed by atoms with van der Waals surface area (Å²) in [5.74, 6) is 1.90. The highest BCUT2D eigenvalue weighted by Crippen LogP contribution is 2.20. The van der Waals surface area contributed by atoms with Crippen molar-refractivity contribution in [3.05, 3.63) is 60.2 Å². The number of para-hydroxylation sites is 1. The summed E-state index contributed by atoms with van der Waals surface area (Å²) >= 11 is 0. The topological polar surface area (TPSA) is 41.9 Å². The molecule has 0 fully saturated rings. The van der Waals surface area contributed by atoms with Crippen LogP contribution in [-0.2, 0) is 0 Å². The number of aliphatic imine (C=N–C) groups is 1. The van der Waals surface area contributed by atoms with Gasteiger partial charge in [0.2, 0.25) is 0 Å². The number of ketones is 1. The van der Waals surface area contributed by atoms with Crippen molar-refractivity contribution in [3.63, 3.8) is 0 Å². The highest BCUT2D eigenvalue weighted by atomic mass is 79.9. The van der Waals surface area contributed by atoms with Crippen molar-refractivity contribution in [1.82, 2.24) is 0 Å².